The standard InChI is InChI=1S/C13H10INO3/c14-9-3-1-5-11(7-9)18-8-10-4-2-6-12(15-10)13(16)17/h1-7H,8H2,(H,16,17). The first-order valence-corrected chi connectivity index (χ1v) is 6.30. The highest BCUT2D eigenvalue weighted by Gasteiger charge is 2.05. The lowest BCUT2D eigenvalue weighted by Crippen LogP contribution is -2.04. The summed E-state index contributed by atoms with van der Waals surface area (Å²) in [6.45, 7) is 0.251. The molecular formula is C13H10INO3. The highest BCUT2D eigenvalue weighted by atomic mass is 127. The highest BCUT2D eigenvalue weighted by Crippen LogP contribution is 2.16. The van der Waals surface area contributed by atoms with Crippen LogP contribution in [-0.4, -0.2) is 16.1 Å². The van der Waals surface area contributed by atoms with Crippen LogP contribution in [0.2, 0.25) is 0 Å². The van der Waals surface area contributed by atoms with E-state index in [1.54, 1.807) is 12.1 Å². The molecule has 1 aromatic heterocycles. The number of rotatable bonds is 4. The number of hydrogen-bond donors (Lipinski definition) is 1. The summed E-state index contributed by atoms with van der Waals surface area (Å²) in [7, 11) is 0. The van der Waals surface area contributed by atoms with Gasteiger partial charge in [0.15, 0.2) is 0 Å². The van der Waals surface area contributed by atoms with Gasteiger partial charge in [0, 0.05) is 3.57 Å². The molecule has 0 saturated carbocycles. The van der Waals surface area contributed by atoms with Crippen molar-refractivity contribution in [1.29, 1.82) is 0 Å². The van der Waals surface area contributed by atoms with Gasteiger partial charge in [-0.3, -0.25) is 0 Å². The first-order valence-electron chi connectivity index (χ1n) is 5.23. The molecule has 0 amide bonds. The molecule has 18 heavy (non-hydrogen) atoms. The van der Waals surface area contributed by atoms with Gasteiger partial charge in [-0.2, -0.15) is 0 Å². The fourth-order valence-electron chi connectivity index (χ4n) is 1.39. The Labute approximate surface area is 118 Å². The molecule has 2 aromatic rings. The van der Waals surface area contributed by atoms with Gasteiger partial charge < -0.3 is 9.84 Å². The molecule has 0 atom stereocenters. The van der Waals surface area contributed by atoms with Crippen LogP contribution in [0.4, 0.5) is 0 Å². The molecule has 0 bridgehead atoms. The average Bonchev–Trinajstić information content (AvgIpc) is 2.37. The maximum absolute atomic E-state index is 10.8. The van der Waals surface area contributed by atoms with Crippen molar-refractivity contribution < 1.29 is 14.6 Å². The molecule has 0 spiro atoms. The van der Waals surface area contributed by atoms with Gasteiger partial charge in [-0.1, -0.05) is 12.1 Å². The van der Waals surface area contributed by atoms with Crippen LogP contribution in [0.1, 0.15) is 16.2 Å². The van der Waals surface area contributed by atoms with Crippen molar-refractivity contribution in [3.63, 3.8) is 0 Å². The van der Waals surface area contributed by atoms with Gasteiger partial charge in [-0.05, 0) is 52.9 Å². The van der Waals surface area contributed by atoms with Crippen LogP contribution in [0.5, 0.6) is 5.75 Å². The summed E-state index contributed by atoms with van der Waals surface area (Å²) in [4.78, 5) is 14.8. The van der Waals surface area contributed by atoms with Gasteiger partial charge in [-0.15, -0.1) is 0 Å². The van der Waals surface area contributed by atoms with Crippen molar-refractivity contribution >= 4 is 28.6 Å². The SMILES string of the molecule is O=C(O)c1cccc(COc2cccc(I)c2)n1. The van der Waals surface area contributed by atoms with Gasteiger partial charge in [0.2, 0.25) is 0 Å². The number of ether oxygens (including phenoxy) is 1. The summed E-state index contributed by atoms with van der Waals surface area (Å²) in [6.07, 6.45) is 0. The molecule has 0 aliphatic rings. The molecule has 1 aromatic carbocycles. The number of aromatic carboxylic acids is 1. The Balaban J connectivity index is 2.06. The summed E-state index contributed by atoms with van der Waals surface area (Å²) >= 11 is 2.20. The predicted octanol–water partition coefficient (Wildman–Crippen LogP) is 2.96. The monoisotopic (exact) mass is 355 g/mol. The third kappa shape index (κ3) is 3.43. The van der Waals surface area contributed by atoms with Crippen LogP contribution < -0.4 is 4.74 Å². The molecular weight excluding hydrogens is 345 g/mol. The number of pyridine rings is 1. The molecule has 0 saturated heterocycles. The number of carboxylic acids is 1. The Bertz CT molecular complexity index is 572. The van der Waals surface area contributed by atoms with Crippen molar-refractivity contribution in [1.82, 2.24) is 4.98 Å². The number of carboxylic acid groups (broad SMARTS) is 1. The Hall–Kier alpha value is -1.63. The van der Waals surface area contributed by atoms with Gasteiger partial charge in [0.1, 0.15) is 18.1 Å². The van der Waals surface area contributed by atoms with E-state index in [9.17, 15) is 4.79 Å². The number of benzene rings is 1. The summed E-state index contributed by atoms with van der Waals surface area (Å²) in [5, 5.41) is 8.83. The molecule has 2 rings (SSSR count). The van der Waals surface area contributed by atoms with Crippen LogP contribution in [-0.2, 0) is 6.61 Å². The van der Waals surface area contributed by atoms with E-state index in [0.29, 0.717) is 5.69 Å². The third-order valence-electron chi connectivity index (χ3n) is 2.21. The number of carbonyl (C=O) groups is 1. The van der Waals surface area contributed by atoms with Crippen molar-refractivity contribution in [3.8, 4) is 5.75 Å². The van der Waals surface area contributed by atoms with Crippen molar-refractivity contribution in [2.24, 2.45) is 0 Å². The molecule has 0 aliphatic heterocycles. The number of halogens is 1. The van der Waals surface area contributed by atoms with E-state index >= 15 is 0 Å². The number of nitrogens with zero attached hydrogens (tertiary/aromatic N) is 1. The minimum Gasteiger partial charge on any atom is -0.487 e. The quantitative estimate of drug-likeness (QED) is 0.857. The topological polar surface area (TPSA) is 59.4 Å². The van der Waals surface area contributed by atoms with Crippen LogP contribution in [0, 0.1) is 3.57 Å². The molecule has 0 aliphatic carbocycles. The Kier molecular flexibility index (Phi) is 4.14. The Morgan fingerprint density at radius 1 is 1.28 bits per heavy atom. The van der Waals surface area contributed by atoms with Gasteiger partial charge in [0.05, 0.1) is 5.69 Å². The lowest BCUT2D eigenvalue weighted by molar-refractivity contribution is 0.0690. The molecule has 5 heteroatoms. The van der Waals surface area contributed by atoms with Crippen LogP contribution in [0.25, 0.3) is 0 Å². The minimum absolute atomic E-state index is 0.0266. The zero-order valence-electron chi connectivity index (χ0n) is 9.34. The largest absolute Gasteiger partial charge is 0.487 e. The maximum atomic E-state index is 10.8. The molecule has 0 fully saturated rings. The van der Waals surface area contributed by atoms with E-state index in [-0.39, 0.29) is 12.3 Å². The minimum atomic E-state index is -1.04. The van der Waals surface area contributed by atoms with Gasteiger partial charge in [0.25, 0.3) is 0 Å². The van der Waals surface area contributed by atoms with E-state index in [2.05, 4.69) is 27.6 Å². The Morgan fingerprint density at radius 3 is 2.78 bits per heavy atom. The number of hydrogen-bond acceptors (Lipinski definition) is 3. The van der Waals surface area contributed by atoms with Crippen molar-refractivity contribution in [2.45, 2.75) is 6.61 Å². The zero-order valence-corrected chi connectivity index (χ0v) is 11.5. The summed E-state index contributed by atoms with van der Waals surface area (Å²) < 4.78 is 6.63. The smallest absolute Gasteiger partial charge is 0.354 e. The second kappa shape index (κ2) is 5.81. The van der Waals surface area contributed by atoms with Gasteiger partial charge >= 0.3 is 5.97 Å². The molecule has 0 radical (unpaired) electrons. The highest BCUT2D eigenvalue weighted by molar-refractivity contribution is 14.1. The second-order valence-electron chi connectivity index (χ2n) is 3.57. The molecule has 4 nitrogen and oxygen atoms in total. The normalized spacial score (nSPS) is 10.1. The second-order valence-corrected chi connectivity index (χ2v) is 4.81. The molecule has 0 unspecified atom stereocenters. The predicted molar refractivity (Wildman–Crippen MR) is 74.7 cm³/mol. The molecule has 1 N–H and O–H groups in total. The zero-order chi connectivity index (χ0) is 13.0. The molecule has 92 valence electrons. The van der Waals surface area contributed by atoms with E-state index in [0.717, 1.165) is 9.32 Å². The van der Waals surface area contributed by atoms with E-state index in [4.69, 9.17) is 9.84 Å². The van der Waals surface area contributed by atoms with Crippen LogP contribution >= 0.6 is 22.6 Å². The first-order chi connectivity index (χ1) is 8.65. The number of aromatic nitrogens is 1. The Morgan fingerprint density at radius 2 is 2.06 bits per heavy atom. The molecule has 1 heterocycles. The fraction of sp³-hybridized carbons (Fsp3) is 0.0769. The third-order valence-corrected chi connectivity index (χ3v) is 2.88. The van der Waals surface area contributed by atoms with Crippen molar-refractivity contribution in [2.75, 3.05) is 0 Å². The fourth-order valence-corrected chi connectivity index (χ4v) is 1.91. The first kappa shape index (κ1) is 12.8. The van der Waals surface area contributed by atoms with E-state index in [1.807, 2.05) is 24.3 Å². The summed E-state index contributed by atoms with van der Waals surface area (Å²) in [5.41, 5.74) is 0.618. The van der Waals surface area contributed by atoms with E-state index < -0.39 is 5.97 Å². The average molecular weight is 355 g/mol. The lowest BCUT2D eigenvalue weighted by Gasteiger charge is -2.06. The van der Waals surface area contributed by atoms with Crippen LogP contribution in [0.15, 0.2) is 42.5 Å². The van der Waals surface area contributed by atoms with Crippen molar-refractivity contribution in [3.05, 3.63) is 57.4 Å². The maximum Gasteiger partial charge on any atom is 0.354 e. The lowest BCUT2D eigenvalue weighted by atomic mass is 10.3. The van der Waals surface area contributed by atoms with E-state index in [1.165, 1.54) is 6.07 Å². The van der Waals surface area contributed by atoms with Gasteiger partial charge in [-0.25, -0.2) is 9.78 Å². The summed E-state index contributed by atoms with van der Waals surface area (Å²) in [5.74, 6) is -0.296. The van der Waals surface area contributed by atoms with Crippen LogP contribution in [0.3, 0.4) is 0 Å². The summed E-state index contributed by atoms with van der Waals surface area (Å²) in [6, 6.07) is 12.5.